The average molecular weight is 661 g/mol. The molecule has 0 fully saturated rings. The van der Waals surface area contributed by atoms with Gasteiger partial charge in [-0.15, -0.1) is 0 Å². The van der Waals surface area contributed by atoms with Crippen LogP contribution in [0.25, 0.3) is 0 Å². The van der Waals surface area contributed by atoms with Crippen molar-refractivity contribution in [1.82, 2.24) is 0 Å². The van der Waals surface area contributed by atoms with E-state index in [4.69, 9.17) is 10.9 Å². The number of quaternary nitrogens is 2. The van der Waals surface area contributed by atoms with Gasteiger partial charge in [0.15, 0.2) is 0 Å². The zero-order valence-electron chi connectivity index (χ0n) is 27.9. The fraction of sp³-hybridized carbons (Fsp3) is 1.00. The van der Waals surface area contributed by atoms with Gasteiger partial charge in [0.2, 0.25) is 0 Å². The summed E-state index contributed by atoms with van der Waals surface area (Å²) < 4.78 is 29.8. The summed E-state index contributed by atoms with van der Waals surface area (Å²) in [5.74, 6) is 0. The summed E-state index contributed by atoms with van der Waals surface area (Å²) in [6.45, 7) is 30.0. The fourth-order valence-corrected chi connectivity index (χ4v) is 5.29. The van der Waals surface area contributed by atoms with Crippen molar-refractivity contribution in [3.63, 3.8) is 0 Å². The molecular formula is C32H72MoN2O3S. The second kappa shape index (κ2) is 30.0. The van der Waals surface area contributed by atoms with Crippen molar-refractivity contribution >= 4 is 9.82 Å². The molecule has 0 aliphatic rings. The Balaban J connectivity index is -0.000000566. The second-order valence-corrected chi connectivity index (χ2v) is 16.1. The summed E-state index contributed by atoms with van der Waals surface area (Å²) in [7, 11) is 3.35. The summed E-state index contributed by atoms with van der Waals surface area (Å²) in [4.78, 5) is 0. The molecule has 0 aliphatic heterocycles. The monoisotopic (exact) mass is 662 g/mol. The van der Waals surface area contributed by atoms with Crippen LogP contribution in [-0.4, -0.2) is 61.3 Å². The van der Waals surface area contributed by atoms with Crippen LogP contribution in [0, 0.1) is 0 Å². The minimum absolute atomic E-state index is 1.35. The van der Waals surface area contributed by atoms with Gasteiger partial charge in [0, 0.05) is 0 Å². The summed E-state index contributed by atoms with van der Waals surface area (Å²) in [6, 6.07) is 0. The van der Waals surface area contributed by atoms with Crippen LogP contribution in [0.2, 0.25) is 0 Å². The van der Waals surface area contributed by atoms with Crippen molar-refractivity contribution in [1.29, 1.82) is 0 Å². The first-order chi connectivity index (χ1) is 18.5. The first kappa shape index (κ1) is 44.0. The molecule has 0 spiro atoms. The SMILES string of the molecule is CCCC[N+](CCCC)(CCCC)CCCC.CCCC[N+](CCCC)(CCCC)CCCC.[O]=[Mo]([O-])([O-])=[S]. The first-order valence-electron chi connectivity index (χ1n) is 16.9. The molecule has 0 bridgehead atoms. The van der Waals surface area contributed by atoms with Crippen molar-refractivity contribution in [2.75, 3.05) is 52.4 Å². The molecule has 0 rings (SSSR count). The maximum absolute atomic E-state index is 9.00. The van der Waals surface area contributed by atoms with Gasteiger partial charge in [-0.2, -0.15) is 0 Å². The Kier molecular flexibility index (Phi) is 33.9. The summed E-state index contributed by atoms with van der Waals surface area (Å²) in [5.41, 5.74) is 0. The number of nitrogens with zero attached hydrogens (tertiary/aromatic N) is 2. The predicted octanol–water partition coefficient (Wildman–Crippen LogP) is 8.16. The normalized spacial score (nSPS) is 11.9. The van der Waals surface area contributed by atoms with Gasteiger partial charge in [-0.1, -0.05) is 107 Å². The van der Waals surface area contributed by atoms with Crippen LogP contribution in [0.15, 0.2) is 0 Å². The van der Waals surface area contributed by atoms with Crippen LogP contribution >= 0.6 is 9.82 Å². The van der Waals surface area contributed by atoms with Crippen LogP contribution in [0.4, 0.5) is 0 Å². The molecule has 0 aromatic heterocycles. The van der Waals surface area contributed by atoms with Gasteiger partial charge in [-0.05, 0) is 51.4 Å². The molecule has 5 nitrogen and oxygen atoms in total. The second-order valence-electron chi connectivity index (χ2n) is 11.7. The molecule has 0 amide bonds. The zero-order valence-corrected chi connectivity index (χ0v) is 30.7. The predicted molar refractivity (Wildman–Crippen MR) is 167 cm³/mol. The molecule has 7 heteroatoms. The fourth-order valence-electron chi connectivity index (χ4n) is 5.29. The van der Waals surface area contributed by atoms with Crippen LogP contribution in [0.1, 0.15) is 158 Å². The van der Waals surface area contributed by atoms with E-state index in [0.717, 1.165) is 0 Å². The number of rotatable bonds is 24. The van der Waals surface area contributed by atoms with Crippen molar-refractivity contribution < 1.29 is 34.8 Å². The Morgan fingerprint density at radius 1 is 0.410 bits per heavy atom. The number of unbranched alkanes of at least 4 members (excludes halogenated alkanes) is 8. The molecule has 39 heavy (non-hydrogen) atoms. The molecule has 0 unspecified atom stereocenters. The molecule has 0 aliphatic carbocycles. The van der Waals surface area contributed by atoms with Gasteiger partial charge in [-0.25, -0.2) is 0 Å². The summed E-state index contributed by atoms with van der Waals surface area (Å²) in [6.07, 6.45) is 22.1. The van der Waals surface area contributed by atoms with Crippen LogP contribution < -0.4 is 7.52 Å². The van der Waals surface area contributed by atoms with E-state index in [-0.39, 0.29) is 0 Å². The molecule has 240 valence electrons. The Morgan fingerprint density at radius 2 is 0.513 bits per heavy atom. The topological polar surface area (TPSA) is 63.2 Å². The van der Waals surface area contributed by atoms with Crippen LogP contribution in [0.5, 0.6) is 0 Å². The van der Waals surface area contributed by atoms with E-state index in [1.165, 1.54) is 164 Å². The molecule has 0 aromatic carbocycles. The van der Waals surface area contributed by atoms with Crippen LogP contribution in [-0.2, 0) is 18.4 Å². The quantitative estimate of drug-likeness (QED) is 0.0775. The van der Waals surface area contributed by atoms with E-state index in [1.807, 2.05) is 0 Å². The van der Waals surface area contributed by atoms with E-state index >= 15 is 0 Å². The number of hydrogen-bond donors (Lipinski definition) is 0. The standard InChI is InChI=1S/2C16H36N.Mo.3O.S/c2*1-5-9-13-17(14-10-6-2,15-11-7-3)16-12-8-4;;;;;/h2*5-16H2,1-4H3;;;;;/q2*+1;;;2*-1;. The maximum atomic E-state index is 9.00. The Labute approximate surface area is 254 Å². The molecule has 0 heterocycles. The van der Waals surface area contributed by atoms with Gasteiger partial charge in [0.25, 0.3) is 0 Å². The Morgan fingerprint density at radius 3 is 0.590 bits per heavy atom. The van der Waals surface area contributed by atoms with Gasteiger partial charge in [-0.3, -0.25) is 0 Å². The van der Waals surface area contributed by atoms with E-state index in [2.05, 4.69) is 65.2 Å². The third-order valence-electron chi connectivity index (χ3n) is 7.89. The van der Waals surface area contributed by atoms with Gasteiger partial charge < -0.3 is 8.97 Å². The molecule has 0 saturated heterocycles. The molecule has 0 saturated carbocycles. The average Bonchev–Trinajstić information content (AvgIpc) is 2.91. The Hall–Kier alpha value is 0.548. The number of hydrogen-bond acceptors (Lipinski definition) is 4. The molecule has 0 radical (unpaired) electrons. The van der Waals surface area contributed by atoms with Gasteiger partial charge >= 0.3 is 35.7 Å². The minimum atomic E-state index is -5.19. The van der Waals surface area contributed by atoms with Crippen molar-refractivity contribution in [3.05, 3.63) is 0 Å². The summed E-state index contributed by atoms with van der Waals surface area (Å²) >= 11 is -5.19. The molecular weight excluding hydrogens is 588 g/mol. The molecule has 0 atom stereocenters. The van der Waals surface area contributed by atoms with E-state index in [9.17, 15) is 0 Å². The van der Waals surface area contributed by atoms with E-state index in [1.54, 1.807) is 0 Å². The van der Waals surface area contributed by atoms with Crippen molar-refractivity contribution in [2.24, 2.45) is 0 Å². The van der Waals surface area contributed by atoms with Crippen LogP contribution in [0.3, 0.4) is 0 Å². The molecule has 0 aromatic rings. The van der Waals surface area contributed by atoms with Gasteiger partial charge in [0.1, 0.15) is 0 Å². The summed E-state index contributed by atoms with van der Waals surface area (Å²) in [5, 5.41) is 0. The first-order valence-corrected chi connectivity index (χ1v) is 22.1. The third-order valence-corrected chi connectivity index (χ3v) is 7.89. The molecule has 0 N–H and O–H groups in total. The van der Waals surface area contributed by atoms with E-state index in [0.29, 0.717) is 0 Å². The van der Waals surface area contributed by atoms with Gasteiger partial charge in [0.05, 0.1) is 52.4 Å². The zero-order chi connectivity index (χ0) is 30.5. The van der Waals surface area contributed by atoms with Crippen molar-refractivity contribution in [3.8, 4) is 0 Å². The van der Waals surface area contributed by atoms with Crippen molar-refractivity contribution in [2.45, 2.75) is 158 Å². The Bertz CT molecular complexity index is 469. The third kappa shape index (κ3) is 31.3. The van der Waals surface area contributed by atoms with E-state index < -0.39 is 15.0 Å².